The van der Waals surface area contributed by atoms with Gasteiger partial charge < -0.3 is 18.9 Å². The highest BCUT2D eigenvalue weighted by Gasteiger charge is 2.04. The van der Waals surface area contributed by atoms with Crippen molar-refractivity contribution in [1.29, 1.82) is 0 Å². The summed E-state index contributed by atoms with van der Waals surface area (Å²) in [5.74, 6) is 0. The zero-order chi connectivity index (χ0) is 15.8. The molecule has 6 heteroatoms. The molecule has 0 radical (unpaired) electrons. The van der Waals surface area contributed by atoms with Crippen LogP contribution in [0.25, 0.3) is 0 Å². The van der Waals surface area contributed by atoms with Crippen LogP contribution < -0.4 is 0 Å². The first-order chi connectivity index (χ1) is 10.3. The van der Waals surface area contributed by atoms with E-state index in [1.54, 1.807) is 28.4 Å². The van der Waals surface area contributed by atoms with Gasteiger partial charge in [-0.25, -0.2) is 0 Å². The standard InChI is InChI=1S/C15H36O4Si2/c1-16-14(17-2)8-5-10-20-12-7-13-21-11-6-9-15(18-3)19-4/h14-15H,5-13,20-21H2,1-4H3. The van der Waals surface area contributed by atoms with Crippen molar-refractivity contribution in [3.8, 4) is 0 Å². The predicted octanol–water partition coefficient (Wildman–Crippen LogP) is 2.19. The van der Waals surface area contributed by atoms with Crippen molar-refractivity contribution >= 4 is 19.0 Å². The quantitative estimate of drug-likeness (QED) is 0.246. The fourth-order valence-corrected chi connectivity index (χ4v) is 6.64. The lowest BCUT2D eigenvalue weighted by atomic mass is 10.3. The average Bonchev–Trinajstić information content (AvgIpc) is 2.52. The molecule has 0 atom stereocenters. The van der Waals surface area contributed by atoms with E-state index in [1.165, 1.54) is 43.4 Å². The maximum absolute atomic E-state index is 5.20. The van der Waals surface area contributed by atoms with Gasteiger partial charge in [0.2, 0.25) is 0 Å². The Balaban J connectivity index is 3.15. The van der Waals surface area contributed by atoms with E-state index < -0.39 is 0 Å². The fourth-order valence-electron chi connectivity index (χ4n) is 2.52. The zero-order valence-corrected chi connectivity index (χ0v) is 17.4. The molecular weight excluding hydrogens is 300 g/mol. The Kier molecular flexibility index (Phi) is 16.9. The van der Waals surface area contributed by atoms with Crippen molar-refractivity contribution in [3.63, 3.8) is 0 Å². The Labute approximate surface area is 135 Å². The first kappa shape index (κ1) is 21.3. The van der Waals surface area contributed by atoms with Crippen molar-refractivity contribution in [2.45, 2.75) is 68.9 Å². The van der Waals surface area contributed by atoms with E-state index in [-0.39, 0.29) is 31.6 Å². The first-order valence-electron chi connectivity index (χ1n) is 8.39. The highest BCUT2D eigenvalue weighted by atomic mass is 28.2. The summed E-state index contributed by atoms with van der Waals surface area (Å²) in [7, 11) is 7.21. The van der Waals surface area contributed by atoms with Gasteiger partial charge in [-0.15, -0.1) is 0 Å². The summed E-state index contributed by atoms with van der Waals surface area (Å²) in [5.41, 5.74) is 0. The normalized spacial score (nSPS) is 12.9. The summed E-state index contributed by atoms with van der Waals surface area (Å²) in [4.78, 5) is 0. The van der Waals surface area contributed by atoms with E-state index in [0.29, 0.717) is 0 Å². The minimum Gasteiger partial charge on any atom is -0.356 e. The molecule has 0 fully saturated rings. The summed E-state index contributed by atoms with van der Waals surface area (Å²) in [5, 5.41) is 0. The van der Waals surface area contributed by atoms with Crippen molar-refractivity contribution in [3.05, 3.63) is 0 Å². The molecule has 128 valence electrons. The summed E-state index contributed by atoms with van der Waals surface area (Å²) in [6.07, 6.45) is 6.14. The molecule has 0 unspecified atom stereocenters. The van der Waals surface area contributed by atoms with Gasteiger partial charge in [-0.05, 0) is 12.8 Å². The molecule has 0 heterocycles. The molecule has 0 amide bonds. The Hall–Kier alpha value is 0.274. The Morgan fingerprint density at radius 1 is 0.571 bits per heavy atom. The van der Waals surface area contributed by atoms with Crippen molar-refractivity contribution in [1.82, 2.24) is 0 Å². The maximum atomic E-state index is 5.20. The second kappa shape index (κ2) is 16.6. The largest absolute Gasteiger partial charge is 0.356 e. The molecule has 0 bridgehead atoms. The zero-order valence-electron chi connectivity index (χ0n) is 14.6. The summed E-state index contributed by atoms with van der Waals surface area (Å²) in [6, 6.07) is 5.93. The number of methoxy groups -OCH3 is 4. The van der Waals surface area contributed by atoms with Crippen molar-refractivity contribution in [2.75, 3.05) is 28.4 Å². The van der Waals surface area contributed by atoms with Gasteiger partial charge in [0, 0.05) is 47.5 Å². The monoisotopic (exact) mass is 336 g/mol. The van der Waals surface area contributed by atoms with Crippen LogP contribution >= 0.6 is 0 Å². The van der Waals surface area contributed by atoms with Gasteiger partial charge in [0.1, 0.15) is 0 Å². The van der Waals surface area contributed by atoms with Crippen LogP contribution in [0, 0.1) is 0 Å². The molecule has 0 saturated carbocycles. The third kappa shape index (κ3) is 13.6. The van der Waals surface area contributed by atoms with Crippen LogP contribution in [-0.4, -0.2) is 60.1 Å². The molecule has 21 heavy (non-hydrogen) atoms. The number of rotatable bonds is 16. The molecule has 0 rings (SSSR count). The van der Waals surface area contributed by atoms with Gasteiger partial charge in [0.15, 0.2) is 12.6 Å². The average molecular weight is 337 g/mol. The van der Waals surface area contributed by atoms with Gasteiger partial charge in [-0.2, -0.15) is 0 Å². The van der Waals surface area contributed by atoms with Gasteiger partial charge >= 0.3 is 0 Å². The van der Waals surface area contributed by atoms with Crippen LogP contribution in [0.2, 0.25) is 24.2 Å². The third-order valence-electron chi connectivity index (χ3n) is 3.93. The van der Waals surface area contributed by atoms with Gasteiger partial charge in [0.05, 0.1) is 0 Å². The molecule has 0 aromatic carbocycles. The highest BCUT2D eigenvalue weighted by molar-refractivity contribution is 6.37. The van der Waals surface area contributed by atoms with Crippen LogP contribution in [0.5, 0.6) is 0 Å². The number of hydrogen-bond acceptors (Lipinski definition) is 4. The topological polar surface area (TPSA) is 36.9 Å². The molecule has 4 nitrogen and oxygen atoms in total. The SMILES string of the molecule is COC(CCC[SiH2]CCC[SiH2]CCCC(OC)OC)OC. The molecule has 0 aromatic rings. The fraction of sp³-hybridized carbons (Fsp3) is 1.00. The molecular formula is C15H36O4Si2. The van der Waals surface area contributed by atoms with E-state index in [4.69, 9.17) is 18.9 Å². The summed E-state index contributed by atoms with van der Waals surface area (Å²) < 4.78 is 20.8. The predicted molar refractivity (Wildman–Crippen MR) is 95.0 cm³/mol. The van der Waals surface area contributed by atoms with Crippen LogP contribution in [-0.2, 0) is 18.9 Å². The van der Waals surface area contributed by atoms with Crippen LogP contribution in [0.3, 0.4) is 0 Å². The van der Waals surface area contributed by atoms with Crippen molar-refractivity contribution in [2.24, 2.45) is 0 Å². The van der Waals surface area contributed by atoms with Crippen LogP contribution in [0.15, 0.2) is 0 Å². The smallest absolute Gasteiger partial charge is 0.156 e. The first-order valence-corrected chi connectivity index (χ1v) is 12.4. The summed E-state index contributed by atoms with van der Waals surface area (Å²) >= 11 is 0. The highest BCUT2D eigenvalue weighted by Crippen LogP contribution is 2.09. The molecule has 0 N–H and O–H groups in total. The lowest BCUT2D eigenvalue weighted by molar-refractivity contribution is -0.106. The Morgan fingerprint density at radius 2 is 0.905 bits per heavy atom. The second-order valence-corrected chi connectivity index (χ2v) is 9.80. The Morgan fingerprint density at radius 3 is 1.24 bits per heavy atom. The lowest BCUT2D eigenvalue weighted by Crippen LogP contribution is -2.12. The number of hydrogen-bond donors (Lipinski definition) is 0. The van der Waals surface area contributed by atoms with Crippen LogP contribution in [0.1, 0.15) is 32.1 Å². The van der Waals surface area contributed by atoms with E-state index in [9.17, 15) is 0 Å². The number of ether oxygens (including phenoxy) is 4. The Bertz CT molecular complexity index is 180. The molecule has 0 aliphatic rings. The maximum Gasteiger partial charge on any atom is 0.156 e. The van der Waals surface area contributed by atoms with Gasteiger partial charge in [-0.1, -0.05) is 43.4 Å². The van der Waals surface area contributed by atoms with Gasteiger partial charge in [0.25, 0.3) is 0 Å². The minimum absolute atomic E-state index is 0.00874. The molecule has 0 aromatic heterocycles. The third-order valence-corrected chi connectivity index (χ3v) is 7.93. The second-order valence-electron chi connectivity index (χ2n) is 5.56. The lowest BCUT2D eigenvalue weighted by Gasteiger charge is -2.12. The molecule has 0 aliphatic heterocycles. The van der Waals surface area contributed by atoms with E-state index in [2.05, 4.69) is 0 Å². The van der Waals surface area contributed by atoms with Crippen molar-refractivity contribution < 1.29 is 18.9 Å². The molecule has 0 spiro atoms. The molecule has 0 aliphatic carbocycles. The minimum atomic E-state index is 0.00874. The van der Waals surface area contributed by atoms with Gasteiger partial charge in [-0.3, -0.25) is 0 Å². The van der Waals surface area contributed by atoms with E-state index in [0.717, 1.165) is 12.8 Å². The van der Waals surface area contributed by atoms with E-state index in [1.807, 2.05) is 0 Å². The van der Waals surface area contributed by atoms with E-state index >= 15 is 0 Å². The summed E-state index contributed by atoms with van der Waals surface area (Å²) in [6.45, 7) is 0. The van der Waals surface area contributed by atoms with Crippen LogP contribution in [0.4, 0.5) is 0 Å². The molecule has 0 saturated heterocycles.